The minimum Gasteiger partial charge on any atom is -0.337 e. The van der Waals surface area contributed by atoms with E-state index in [1.165, 1.54) is 17.0 Å². The number of likely N-dealkylation sites (N-methyl/N-ethyl adjacent to an activating group) is 2. The van der Waals surface area contributed by atoms with Gasteiger partial charge >= 0.3 is 0 Å². The first-order valence-corrected chi connectivity index (χ1v) is 8.60. The minimum absolute atomic E-state index is 0.0716. The summed E-state index contributed by atoms with van der Waals surface area (Å²) in [4.78, 5) is 43.5. The summed E-state index contributed by atoms with van der Waals surface area (Å²) in [6.07, 6.45) is 0. The molecule has 26 heavy (non-hydrogen) atoms. The Morgan fingerprint density at radius 3 is 2.62 bits per heavy atom. The molecule has 140 valence electrons. The molecule has 3 amide bonds. The molecule has 0 aromatic heterocycles. The Morgan fingerprint density at radius 2 is 1.92 bits per heavy atom. The van der Waals surface area contributed by atoms with Crippen molar-refractivity contribution in [2.24, 2.45) is 0 Å². The van der Waals surface area contributed by atoms with Gasteiger partial charge in [0.25, 0.3) is 0 Å². The van der Waals surface area contributed by atoms with Gasteiger partial charge in [-0.05, 0) is 24.7 Å². The molecule has 0 unspecified atom stereocenters. The van der Waals surface area contributed by atoms with E-state index in [1.54, 1.807) is 29.0 Å². The molecule has 0 radical (unpaired) electrons. The van der Waals surface area contributed by atoms with Crippen molar-refractivity contribution in [1.29, 1.82) is 0 Å². The van der Waals surface area contributed by atoms with Crippen molar-refractivity contribution in [3.8, 4) is 0 Å². The lowest BCUT2D eigenvalue weighted by molar-refractivity contribution is -0.160. The summed E-state index contributed by atoms with van der Waals surface area (Å²) in [5.74, 6) is -0.566. The number of amides is 3. The van der Waals surface area contributed by atoms with Crippen LogP contribution in [0.15, 0.2) is 24.3 Å². The van der Waals surface area contributed by atoms with Crippen LogP contribution in [0.1, 0.15) is 5.56 Å². The van der Waals surface area contributed by atoms with Crippen LogP contribution in [0, 0.1) is 5.82 Å². The van der Waals surface area contributed by atoms with Gasteiger partial charge in [-0.25, -0.2) is 4.39 Å². The van der Waals surface area contributed by atoms with Gasteiger partial charge in [-0.3, -0.25) is 19.3 Å². The summed E-state index contributed by atoms with van der Waals surface area (Å²) in [7, 11) is 3.43. The van der Waals surface area contributed by atoms with Gasteiger partial charge in [0.2, 0.25) is 17.7 Å². The summed E-state index contributed by atoms with van der Waals surface area (Å²) in [5, 5.41) is 0. The molecule has 1 aromatic rings. The van der Waals surface area contributed by atoms with Crippen LogP contribution in [0.3, 0.4) is 0 Å². The third kappa shape index (κ3) is 3.85. The molecule has 0 bridgehead atoms. The number of hydrogen-bond acceptors (Lipinski definition) is 4. The van der Waals surface area contributed by atoms with Crippen molar-refractivity contribution in [3.05, 3.63) is 35.6 Å². The number of carbonyl (C=O) groups is 3. The highest BCUT2D eigenvalue weighted by molar-refractivity contribution is 5.95. The Balaban J connectivity index is 1.57. The Bertz CT molecular complexity index is 709. The monoisotopic (exact) mass is 362 g/mol. The van der Waals surface area contributed by atoms with E-state index in [0.29, 0.717) is 19.6 Å². The van der Waals surface area contributed by atoms with Gasteiger partial charge in [-0.2, -0.15) is 0 Å². The molecule has 0 aliphatic carbocycles. The molecule has 1 atom stereocenters. The van der Waals surface area contributed by atoms with E-state index in [0.717, 1.165) is 5.56 Å². The van der Waals surface area contributed by atoms with E-state index < -0.39 is 6.04 Å². The quantitative estimate of drug-likeness (QED) is 0.742. The number of hydrogen-bond donors (Lipinski definition) is 0. The maximum atomic E-state index is 13.0. The molecule has 2 fully saturated rings. The normalized spacial score (nSPS) is 20.6. The highest BCUT2D eigenvalue weighted by Crippen LogP contribution is 2.17. The fourth-order valence-electron chi connectivity index (χ4n) is 3.43. The Morgan fingerprint density at radius 1 is 1.23 bits per heavy atom. The van der Waals surface area contributed by atoms with Gasteiger partial charge in [0.15, 0.2) is 0 Å². The maximum Gasteiger partial charge on any atom is 0.247 e. The lowest BCUT2D eigenvalue weighted by atomic mass is 10.1. The molecule has 2 aliphatic heterocycles. The van der Waals surface area contributed by atoms with E-state index in [9.17, 15) is 18.8 Å². The Hall–Kier alpha value is -2.48. The van der Waals surface area contributed by atoms with Crippen molar-refractivity contribution in [3.63, 3.8) is 0 Å². The van der Waals surface area contributed by atoms with Gasteiger partial charge in [-0.15, -0.1) is 0 Å². The highest BCUT2D eigenvalue weighted by Gasteiger charge is 2.42. The summed E-state index contributed by atoms with van der Waals surface area (Å²) in [6.45, 7) is 1.87. The van der Waals surface area contributed by atoms with Crippen LogP contribution < -0.4 is 0 Å². The zero-order chi connectivity index (χ0) is 18.8. The zero-order valence-corrected chi connectivity index (χ0v) is 15.0. The van der Waals surface area contributed by atoms with E-state index in [-0.39, 0.29) is 43.2 Å². The first-order chi connectivity index (χ1) is 12.3. The topological polar surface area (TPSA) is 64.2 Å². The average Bonchev–Trinajstić information content (AvgIpc) is 2.61. The summed E-state index contributed by atoms with van der Waals surface area (Å²) < 4.78 is 13.0. The second-order valence-electron chi connectivity index (χ2n) is 6.94. The van der Waals surface area contributed by atoms with Gasteiger partial charge < -0.3 is 14.7 Å². The number of fused-ring (bicyclic) bond motifs is 1. The Kier molecular flexibility index (Phi) is 5.22. The fourth-order valence-corrected chi connectivity index (χ4v) is 3.43. The first kappa shape index (κ1) is 18.3. The van der Waals surface area contributed by atoms with Crippen LogP contribution in [-0.4, -0.2) is 90.2 Å². The number of rotatable bonds is 4. The molecular weight excluding hydrogens is 339 g/mol. The Labute approximate surface area is 151 Å². The van der Waals surface area contributed by atoms with Crippen LogP contribution in [0.5, 0.6) is 0 Å². The van der Waals surface area contributed by atoms with Gasteiger partial charge in [-0.1, -0.05) is 12.1 Å². The lowest BCUT2D eigenvalue weighted by Gasteiger charge is -2.45. The minimum atomic E-state index is -0.582. The number of nitrogens with zero attached hydrogens (tertiary/aromatic N) is 4. The van der Waals surface area contributed by atoms with E-state index in [4.69, 9.17) is 0 Å². The molecule has 2 aliphatic rings. The summed E-state index contributed by atoms with van der Waals surface area (Å²) in [6, 6.07) is 5.59. The van der Waals surface area contributed by atoms with Crippen molar-refractivity contribution >= 4 is 17.7 Å². The van der Waals surface area contributed by atoms with E-state index >= 15 is 0 Å². The van der Waals surface area contributed by atoms with E-state index in [1.807, 2.05) is 11.9 Å². The summed E-state index contributed by atoms with van der Waals surface area (Å²) >= 11 is 0. The van der Waals surface area contributed by atoms with Gasteiger partial charge in [0, 0.05) is 26.7 Å². The standard InChI is InChI=1S/C18H23FN4O3/c1-20(9-13-3-5-14(19)6-4-13)11-16(24)22-7-8-23-15(10-22)18(26)21(2)12-17(23)25/h3-6,15H,7-12H2,1-2H3/t15-/m0/s1. The van der Waals surface area contributed by atoms with Crippen molar-refractivity contribution in [2.75, 3.05) is 46.8 Å². The van der Waals surface area contributed by atoms with Crippen LogP contribution in [0.4, 0.5) is 4.39 Å². The maximum absolute atomic E-state index is 13.0. The zero-order valence-electron chi connectivity index (χ0n) is 15.0. The molecule has 0 spiro atoms. The molecule has 2 saturated heterocycles. The van der Waals surface area contributed by atoms with Crippen LogP contribution in [0.25, 0.3) is 0 Å². The molecule has 2 heterocycles. The SMILES string of the molecule is CN(CC(=O)N1CCN2C(=O)CN(C)C(=O)[C@@H]2C1)Cc1ccc(F)cc1. The first-order valence-electron chi connectivity index (χ1n) is 8.60. The predicted molar refractivity (Wildman–Crippen MR) is 92.5 cm³/mol. The number of halogens is 1. The summed E-state index contributed by atoms with van der Waals surface area (Å²) in [5.41, 5.74) is 0.918. The molecule has 0 N–H and O–H groups in total. The number of benzene rings is 1. The smallest absolute Gasteiger partial charge is 0.247 e. The van der Waals surface area contributed by atoms with Crippen molar-refractivity contribution in [1.82, 2.24) is 19.6 Å². The lowest BCUT2D eigenvalue weighted by Crippen LogP contribution is -2.67. The molecule has 7 nitrogen and oxygen atoms in total. The van der Waals surface area contributed by atoms with Crippen LogP contribution in [-0.2, 0) is 20.9 Å². The highest BCUT2D eigenvalue weighted by atomic mass is 19.1. The number of carbonyl (C=O) groups excluding carboxylic acids is 3. The third-order valence-electron chi connectivity index (χ3n) is 4.86. The van der Waals surface area contributed by atoms with Crippen molar-refractivity contribution < 1.29 is 18.8 Å². The van der Waals surface area contributed by atoms with Gasteiger partial charge in [0.1, 0.15) is 11.9 Å². The molecular formula is C18H23FN4O3. The van der Waals surface area contributed by atoms with Crippen LogP contribution >= 0.6 is 0 Å². The van der Waals surface area contributed by atoms with Gasteiger partial charge in [0.05, 0.1) is 19.6 Å². The molecule has 1 aromatic carbocycles. The largest absolute Gasteiger partial charge is 0.337 e. The molecule has 0 saturated carbocycles. The average molecular weight is 362 g/mol. The van der Waals surface area contributed by atoms with Crippen LogP contribution in [0.2, 0.25) is 0 Å². The van der Waals surface area contributed by atoms with E-state index in [2.05, 4.69) is 0 Å². The second-order valence-corrected chi connectivity index (χ2v) is 6.94. The van der Waals surface area contributed by atoms with Crippen molar-refractivity contribution in [2.45, 2.75) is 12.6 Å². The predicted octanol–water partition coefficient (Wildman–Crippen LogP) is -0.231. The third-order valence-corrected chi connectivity index (χ3v) is 4.86. The second kappa shape index (κ2) is 7.41. The number of piperazine rings is 2. The fraction of sp³-hybridized carbons (Fsp3) is 0.500. The molecule has 3 rings (SSSR count). The molecule has 8 heteroatoms.